The molecule has 9 nitrogen and oxygen atoms in total. The maximum atomic E-state index is 12.4. The van der Waals surface area contributed by atoms with E-state index in [9.17, 15) is 13.6 Å². The van der Waals surface area contributed by atoms with E-state index >= 15 is 0 Å². The minimum absolute atomic E-state index is 0.0387. The minimum Gasteiger partial charge on any atom is -0.435 e. The van der Waals surface area contributed by atoms with Gasteiger partial charge in [-0.15, -0.1) is 0 Å². The Morgan fingerprint density at radius 1 is 1.28 bits per heavy atom. The van der Waals surface area contributed by atoms with Crippen LogP contribution in [0.5, 0.6) is 5.75 Å². The average molecular weight is 443 g/mol. The number of ether oxygens (including phenoxy) is 1. The van der Waals surface area contributed by atoms with Crippen LogP contribution in [0.3, 0.4) is 0 Å². The molecule has 0 radical (unpaired) electrons. The number of rotatable bonds is 7. The van der Waals surface area contributed by atoms with E-state index in [-0.39, 0.29) is 11.1 Å². The van der Waals surface area contributed by atoms with Crippen LogP contribution < -0.4 is 20.5 Å². The molecule has 1 fully saturated rings. The lowest BCUT2D eigenvalue weighted by molar-refractivity contribution is -0.0498. The number of piperidine rings is 1. The van der Waals surface area contributed by atoms with Gasteiger partial charge >= 0.3 is 6.61 Å². The van der Waals surface area contributed by atoms with Gasteiger partial charge in [0, 0.05) is 25.8 Å². The molecule has 1 aliphatic rings. The van der Waals surface area contributed by atoms with Gasteiger partial charge in [0.25, 0.3) is 5.56 Å². The minimum atomic E-state index is -2.90. The fourth-order valence-corrected chi connectivity index (χ4v) is 3.70. The number of anilines is 3. The Morgan fingerprint density at radius 3 is 2.72 bits per heavy atom. The van der Waals surface area contributed by atoms with Gasteiger partial charge in [0.15, 0.2) is 0 Å². The molecule has 0 atom stereocenters. The first-order valence-electron chi connectivity index (χ1n) is 10.3. The number of halogens is 2. The summed E-state index contributed by atoms with van der Waals surface area (Å²) in [6.07, 6.45) is 6.38. The van der Waals surface area contributed by atoms with Crippen molar-refractivity contribution in [3.05, 3.63) is 40.8 Å². The Labute approximate surface area is 182 Å². The standard InChI is InChI=1S/C21H23F2N7O2/c1-24-9-6-13-7-10-30(11-8-13)21-27-16-12-25-29-19(31)17(16)18(28-21)26-14-2-4-15(5-3-14)32-20(22)23/h2-5,9,12-13,20H,6-8,10-11H2,1H3,(H,29,31)(H,26,27,28). The molecule has 1 aliphatic heterocycles. The smallest absolute Gasteiger partial charge is 0.387 e. The van der Waals surface area contributed by atoms with Crippen LogP contribution in [0.4, 0.5) is 26.2 Å². The van der Waals surface area contributed by atoms with Crippen molar-refractivity contribution in [3.63, 3.8) is 0 Å². The summed E-state index contributed by atoms with van der Waals surface area (Å²) in [5.74, 6) is 1.44. The average Bonchev–Trinajstić information content (AvgIpc) is 2.79. The zero-order valence-electron chi connectivity index (χ0n) is 17.5. The molecule has 0 amide bonds. The first-order chi connectivity index (χ1) is 15.5. The highest BCUT2D eigenvalue weighted by Crippen LogP contribution is 2.28. The highest BCUT2D eigenvalue weighted by molar-refractivity contribution is 5.90. The molecule has 2 aromatic heterocycles. The molecule has 4 rings (SSSR count). The van der Waals surface area contributed by atoms with Gasteiger partial charge in [-0.1, -0.05) is 0 Å². The van der Waals surface area contributed by atoms with Crippen LogP contribution in [0, 0.1) is 5.92 Å². The number of nitrogens with one attached hydrogen (secondary N) is 2. The van der Waals surface area contributed by atoms with E-state index in [1.54, 1.807) is 19.2 Å². The van der Waals surface area contributed by atoms with Crippen molar-refractivity contribution in [3.8, 4) is 5.75 Å². The number of hydrogen-bond donors (Lipinski definition) is 2. The Kier molecular flexibility index (Phi) is 6.52. The summed E-state index contributed by atoms with van der Waals surface area (Å²) in [7, 11) is 1.78. The van der Waals surface area contributed by atoms with E-state index in [1.165, 1.54) is 18.3 Å². The molecule has 0 spiro atoms. The lowest BCUT2D eigenvalue weighted by Crippen LogP contribution is -2.35. The Hall–Kier alpha value is -3.63. The van der Waals surface area contributed by atoms with Crippen LogP contribution in [-0.4, -0.2) is 53.1 Å². The Morgan fingerprint density at radius 2 is 2.03 bits per heavy atom. The van der Waals surface area contributed by atoms with E-state index in [2.05, 4.69) is 40.1 Å². The number of aromatic nitrogens is 4. The highest BCUT2D eigenvalue weighted by Gasteiger charge is 2.22. The SMILES string of the molecule is CN=CCC1CCN(c2nc(Nc3ccc(OC(F)F)cc3)c3c(=O)[nH]ncc3n2)CC1. The number of benzene rings is 1. The van der Waals surface area contributed by atoms with Crippen LogP contribution in [0.25, 0.3) is 10.9 Å². The summed E-state index contributed by atoms with van der Waals surface area (Å²) in [5.41, 5.74) is 0.553. The maximum absolute atomic E-state index is 12.4. The molecule has 3 heterocycles. The topological polar surface area (TPSA) is 108 Å². The lowest BCUT2D eigenvalue weighted by atomic mass is 9.94. The molecule has 0 unspecified atom stereocenters. The van der Waals surface area contributed by atoms with Crippen LogP contribution in [-0.2, 0) is 0 Å². The van der Waals surface area contributed by atoms with E-state index in [0.717, 1.165) is 32.4 Å². The zero-order chi connectivity index (χ0) is 22.5. The molecule has 0 bridgehead atoms. The summed E-state index contributed by atoms with van der Waals surface area (Å²) >= 11 is 0. The molecule has 0 aliphatic carbocycles. The molecule has 0 saturated carbocycles. The second kappa shape index (κ2) is 9.67. The molecular formula is C21H23F2N7O2. The van der Waals surface area contributed by atoms with Crippen LogP contribution in [0.15, 0.2) is 40.2 Å². The molecule has 168 valence electrons. The summed E-state index contributed by atoms with van der Waals surface area (Å²) in [4.78, 5) is 27.8. The van der Waals surface area contributed by atoms with Crippen molar-refractivity contribution < 1.29 is 13.5 Å². The van der Waals surface area contributed by atoms with Crippen LogP contribution in [0.2, 0.25) is 0 Å². The van der Waals surface area contributed by atoms with Crippen molar-refractivity contribution in [2.75, 3.05) is 30.4 Å². The number of nitrogens with zero attached hydrogens (tertiary/aromatic N) is 5. The number of aromatic amines is 1. The third-order valence-electron chi connectivity index (χ3n) is 5.37. The number of hydrogen-bond acceptors (Lipinski definition) is 8. The molecule has 2 N–H and O–H groups in total. The van der Waals surface area contributed by atoms with E-state index in [0.29, 0.717) is 28.9 Å². The van der Waals surface area contributed by atoms with Gasteiger partial charge in [-0.05, 0) is 55.7 Å². The monoisotopic (exact) mass is 443 g/mol. The lowest BCUT2D eigenvalue weighted by Gasteiger charge is -2.31. The molecule has 1 aromatic carbocycles. The van der Waals surface area contributed by atoms with Gasteiger partial charge in [-0.3, -0.25) is 4.79 Å². The predicted molar refractivity (Wildman–Crippen MR) is 118 cm³/mol. The van der Waals surface area contributed by atoms with Crippen molar-refractivity contribution in [2.24, 2.45) is 10.9 Å². The third kappa shape index (κ3) is 4.98. The molecule has 3 aromatic rings. The molecule has 32 heavy (non-hydrogen) atoms. The fraction of sp³-hybridized carbons (Fsp3) is 0.381. The summed E-state index contributed by atoms with van der Waals surface area (Å²) in [6, 6.07) is 5.97. The number of H-pyrrole nitrogens is 1. The van der Waals surface area contributed by atoms with Gasteiger partial charge in [0.2, 0.25) is 5.95 Å². The number of aliphatic imine (C=N–C) groups is 1. The second-order valence-electron chi connectivity index (χ2n) is 7.47. The van der Waals surface area contributed by atoms with Crippen molar-refractivity contribution in [1.29, 1.82) is 0 Å². The van der Waals surface area contributed by atoms with Gasteiger partial charge in [-0.25, -0.2) is 10.1 Å². The van der Waals surface area contributed by atoms with E-state index in [1.807, 2.05) is 6.21 Å². The quantitative estimate of drug-likeness (QED) is 0.539. The third-order valence-corrected chi connectivity index (χ3v) is 5.37. The molecule has 1 saturated heterocycles. The van der Waals surface area contributed by atoms with Crippen molar-refractivity contribution in [1.82, 2.24) is 20.2 Å². The normalized spacial score (nSPS) is 15.1. The van der Waals surface area contributed by atoms with Crippen molar-refractivity contribution in [2.45, 2.75) is 25.9 Å². The highest BCUT2D eigenvalue weighted by atomic mass is 19.3. The molecular weight excluding hydrogens is 420 g/mol. The summed E-state index contributed by atoms with van der Waals surface area (Å²) in [6.45, 7) is -1.31. The zero-order valence-corrected chi connectivity index (χ0v) is 17.5. The van der Waals surface area contributed by atoms with Gasteiger partial charge < -0.3 is 19.9 Å². The van der Waals surface area contributed by atoms with Crippen LogP contribution in [0.1, 0.15) is 19.3 Å². The van der Waals surface area contributed by atoms with E-state index in [4.69, 9.17) is 0 Å². The van der Waals surface area contributed by atoms with Crippen molar-refractivity contribution >= 4 is 34.6 Å². The van der Waals surface area contributed by atoms with E-state index < -0.39 is 12.2 Å². The number of alkyl halides is 2. The van der Waals surface area contributed by atoms with Gasteiger partial charge in [0.1, 0.15) is 22.5 Å². The van der Waals surface area contributed by atoms with Gasteiger partial charge in [0.05, 0.1) is 6.20 Å². The fourth-order valence-electron chi connectivity index (χ4n) is 3.70. The maximum Gasteiger partial charge on any atom is 0.387 e. The first-order valence-corrected chi connectivity index (χ1v) is 10.3. The first kappa shape index (κ1) is 21.6. The van der Waals surface area contributed by atoms with Gasteiger partial charge in [-0.2, -0.15) is 18.9 Å². The molecule has 11 heteroatoms. The van der Waals surface area contributed by atoms with Crippen LogP contribution >= 0.6 is 0 Å². The second-order valence-corrected chi connectivity index (χ2v) is 7.47. The Bertz CT molecular complexity index is 1140. The predicted octanol–water partition coefficient (Wildman–Crippen LogP) is 3.37. The largest absolute Gasteiger partial charge is 0.435 e. The number of fused-ring (bicyclic) bond motifs is 1. The summed E-state index contributed by atoms with van der Waals surface area (Å²) in [5, 5.41) is 9.62. The Balaban J connectivity index is 1.61. The summed E-state index contributed by atoms with van der Waals surface area (Å²) < 4.78 is 29.1.